The van der Waals surface area contributed by atoms with Crippen molar-refractivity contribution < 1.29 is 19.1 Å². The normalized spacial score (nSPS) is 20.9. The van der Waals surface area contributed by atoms with Crippen LogP contribution in [0.25, 0.3) is 0 Å². The van der Waals surface area contributed by atoms with Gasteiger partial charge in [-0.3, -0.25) is 9.59 Å². The van der Waals surface area contributed by atoms with Crippen molar-refractivity contribution in [1.29, 1.82) is 0 Å². The SMILES string of the molecule is COc1ccc(OCC(=O)N2C(C)CCCC2C)c(C(N)=O)c1. The molecule has 0 radical (unpaired) electrons. The number of carbonyl (C=O) groups is 2. The Bertz CT molecular complexity index is 578. The smallest absolute Gasteiger partial charge is 0.260 e. The highest BCUT2D eigenvalue weighted by Gasteiger charge is 2.29. The van der Waals surface area contributed by atoms with E-state index in [0.717, 1.165) is 19.3 Å². The van der Waals surface area contributed by atoms with E-state index in [1.165, 1.54) is 13.2 Å². The molecule has 0 bridgehead atoms. The number of amides is 2. The molecule has 2 amide bonds. The van der Waals surface area contributed by atoms with Crippen molar-refractivity contribution >= 4 is 11.8 Å². The zero-order valence-electron chi connectivity index (χ0n) is 13.9. The number of methoxy groups -OCH3 is 1. The fraction of sp³-hybridized carbons (Fsp3) is 0.529. The van der Waals surface area contributed by atoms with Gasteiger partial charge < -0.3 is 20.1 Å². The minimum Gasteiger partial charge on any atom is -0.497 e. The number of primary amides is 1. The van der Waals surface area contributed by atoms with Gasteiger partial charge in [0, 0.05) is 12.1 Å². The molecule has 0 aliphatic carbocycles. The Morgan fingerprint density at radius 3 is 2.48 bits per heavy atom. The quantitative estimate of drug-likeness (QED) is 0.899. The summed E-state index contributed by atoms with van der Waals surface area (Å²) in [6.45, 7) is 3.99. The lowest BCUT2D eigenvalue weighted by atomic mass is 9.97. The van der Waals surface area contributed by atoms with Crippen molar-refractivity contribution in [2.45, 2.75) is 45.2 Å². The highest BCUT2D eigenvalue weighted by molar-refractivity contribution is 5.96. The van der Waals surface area contributed by atoms with Crippen LogP contribution in [0.4, 0.5) is 0 Å². The number of rotatable bonds is 5. The fourth-order valence-corrected chi connectivity index (χ4v) is 3.08. The third kappa shape index (κ3) is 3.94. The Hall–Kier alpha value is -2.24. The second-order valence-corrected chi connectivity index (χ2v) is 5.94. The van der Waals surface area contributed by atoms with Crippen LogP contribution in [0.15, 0.2) is 18.2 Å². The van der Waals surface area contributed by atoms with Gasteiger partial charge in [0.2, 0.25) is 0 Å². The van der Waals surface area contributed by atoms with Gasteiger partial charge in [-0.2, -0.15) is 0 Å². The first-order chi connectivity index (χ1) is 10.9. The van der Waals surface area contributed by atoms with Gasteiger partial charge in [-0.1, -0.05) is 0 Å². The lowest BCUT2D eigenvalue weighted by molar-refractivity contribution is -0.139. The van der Waals surface area contributed by atoms with Crippen LogP contribution >= 0.6 is 0 Å². The summed E-state index contributed by atoms with van der Waals surface area (Å²) in [5.74, 6) is 0.113. The van der Waals surface area contributed by atoms with Crippen LogP contribution in [-0.4, -0.2) is 42.5 Å². The number of hydrogen-bond acceptors (Lipinski definition) is 4. The number of hydrogen-bond donors (Lipinski definition) is 1. The predicted octanol–water partition coefficient (Wildman–Crippen LogP) is 1.96. The molecule has 1 aromatic rings. The molecule has 1 saturated heterocycles. The average Bonchev–Trinajstić information content (AvgIpc) is 2.52. The van der Waals surface area contributed by atoms with E-state index in [-0.39, 0.29) is 30.2 Å². The molecule has 1 fully saturated rings. The number of carbonyl (C=O) groups excluding carboxylic acids is 2. The van der Waals surface area contributed by atoms with Crippen LogP contribution < -0.4 is 15.2 Å². The highest BCUT2D eigenvalue weighted by Crippen LogP contribution is 2.25. The Morgan fingerprint density at radius 1 is 1.26 bits per heavy atom. The van der Waals surface area contributed by atoms with Crippen LogP contribution in [0.3, 0.4) is 0 Å². The minimum atomic E-state index is -0.619. The first kappa shape index (κ1) is 17.1. The van der Waals surface area contributed by atoms with E-state index < -0.39 is 5.91 Å². The maximum atomic E-state index is 12.5. The summed E-state index contributed by atoms with van der Waals surface area (Å²) in [6.07, 6.45) is 3.15. The van der Waals surface area contributed by atoms with Gasteiger partial charge in [0.05, 0.1) is 12.7 Å². The van der Waals surface area contributed by atoms with E-state index in [2.05, 4.69) is 13.8 Å². The molecule has 2 N–H and O–H groups in total. The van der Waals surface area contributed by atoms with Crippen LogP contribution in [0.5, 0.6) is 11.5 Å². The zero-order valence-corrected chi connectivity index (χ0v) is 13.9. The lowest BCUT2D eigenvalue weighted by Crippen LogP contribution is -2.49. The molecule has 0 aromatic heterocycles. The summed E-state index contributed by atoms with van der Waals surface area (Å²) in [7, 11) is 1.50. The third-order valence-electron chi connectivity index (χ3n) is 4.28. The Balaban J connectivity index is 2.08. The number of nitrogens with two attached hydrogens (primary N) is 1. The second kappa shape index (κ2) is 7.35. The van der Waals surface area contributed by atoms with E-state index >= 15 is 0 Å². The van der Waals surface area contributed by atoms with Crippen molar-refractivity contribution in [2.24, 2.45) is 5.73 Å². The Kier molecular flexibility index (Phi) is 5.47. The van der Waals surface area contributed by atoms with Gasteiger partial charge in [-0.15, -0.1) is 0 Å². The Morgan fingerprint density at radius 2 is 1.91 bits per heavy atom. The molecule has 126 valence electrons. The first-order valence-electron chi connectivity index (χ1n) is 7.85. The highest BCUT2D eigenvalue weighted by atomic mass is 16.5. The third-order valence-corrected chi connectivity index (χ3v) is 4.28. The van der Waals surface area contributed by atoms with E-state index in [1.807, 2.05) is 4.90 Å². The fourth-order valence-electron chi connectivity index (χ4n) is 3.08. The molecule has 6 nitrogen and oxygen atoms in total. The molecule has 2 unspecified atom stereocenters. The van der Waals surface area contributed by atoms with Crippen LogP contribution in [-0.2, 0) is 4.79 Å². The van der Waals surface area contributed by atoms with E-state index in [0.29, 0.717) is 11.5 Å². The molecule has 2 rings (SSSR count). The van der Waals surface area contributed by atoms with Crippen molar-refractivity contribution in [2.75, 3.05) is 13.7 Å². The maximum absolute atomic E-state index is 12.5. The van der Waals surface area contributed by atoms with Gasteiger partial charge in [0.25, 0.3) is 11.8 Å². The molecule has 23 heavy (non-hydrogen) atoms. The zero-order chi connectivity index (χ0) is 17.0. The van der Waals surface area contributed by atoms with E-state index in [9.17, 15) is 9.59 Å². The van der Waals surface area contributed by atoms with Crippen LogP contribution in [0.1, 0.15) is 43.5 Å². The van der Waals surface area contributed by atoms with Crippen molar-refractivity contribution in [3.63, 3.8) is 0 Å². The Labute approximate surface area is 136 Å². The predicted molar refractivity (Wildman–Crippen MR) is 86.6 cm³/mol. The number of likely N-dealkylation sites (tertiary alicyclic amines) is 1. The van der Waals surface area contributed by atoms with E-state index in [4.69, 9.17) is 15.2 Å². The van der Waals surface area contributed by atoms with Gasteiger partial charge in [0.1, 0.15) is 11.5 Å². The molecule has 1 aliphatic heterocycles. The molecule has 1 heterocycles. The molecule has 6 heteroatoms. The molecule has 0 spiro atoms. The molecule has 1 aromatic carbocycles. The number of piperidine rings is 1. The monoisotopic (exact) mass is 320 g/mol. The van der Waals surface area contributed by atoms with Crippen LogP contribution in [0.2, 0.25) is 0 Å². The summed E-state index contributed by atoms with van der Waals surface area (Å²) in [5, 5.41) is 0. The standard InChI is InChI=1S/C17H24N2O4/c1-11-5-4-6-12(2)19(11)16(20)10-23-15-8-7-13(22-3)9-14(15)17(18)21/h7-9,11-12H,4-6,10H2,1-3H3,(H2,18,21). The van der Waals surface area contributed by atoms with Gasteiger partial charge in [-0.05, 0) is 51.3 Å². The van der Waals surface area contributed by atoms with Gasteiger partial charge >= 0.3 is 0 Å². The largest absolute Gasteiger partial charge is 0.497 e. The molecule has 0 saturated carbocycles. The van der Waals surface area contributed by atoms with Gasteiger partial charge in [-0.25, -0.2) is 0 Å². The summed E-state index contributed by atoms with van der Waals surface area (Å²) in [5.41, 5.74) is 5.57. The number of ether oxygens (including phenoxy) is 2. The average molecular weight is 320 g/mol. The van der Waals surface area contributed by atoms with Crippen LogP contribution in [0, 0.1) is 0 Å². The van der Waals surface area contributed by atoms with Crippen molar-refractivity contribution in [3.8, 4) is 11.5 Å². The van der Waals surface area contributed by atoms with E-state index in [1.54, 1.807) is 12.1 Å². The summed E-state index contributed by atoms with van der Waals surface area (Å²) in [6, 6.07) is 5.18. The minimum absolute atomic E-state index is 0.0732. The van der Waals surface area contributed by atoms with Gasteiger partial charge in [0.15, 0.2) is 6.61 Å². The molecular formula is C17H24N2O4. The summed E-state index contributed by atoms with van der Waals surface area (Å²) >= 11 is 0. The molecule has 1 aliphatic rings. The van der Waals surface area contributed by atoms with Crippen molar-refractivity contribution in [3.05, 3.63) is 23.8 Å². The molecular weight excluding hydrogens is 296 g/mol. The van der Waals surface area contributed by atoms with Crippen molar-refractivity contribution in [1.82, 2.24) is 4.90 Å². The number of benzene rings is 1. The maximum Gasteiger partial charge on any atom is 0.260 e. The lowest BCUT2D eigenvalue weighted by Gasteiger charge is -2.39. The summed E-state index contributed by atoms with van der Waals surface area (Å²) < 4.78 is 10.6. The topological polar surface area (TPSA) is 81.9 Å². The number of nitrogens with zero attached hydrogens (tertiary/aromatic N) is 1. The summed E-state index contributed by atoms with van der Waals surface area (Å²) in [4.78, 5) is 25.9. The second-order valence-electron chi connectivity index (χ2n) is 5.94. The molecule has 2 atom stereocenters. The first-order valence-corrected chi connectivity index (χ1v) is 7.85.